The van der Waals surface area contributed by atoms with E-state index in [0.29, 0.717) is 13.0 Å². The van der Waals surface area contributed by atoms with E-state index in [1.807, 2.05) is 20.8 Å². The first-order valence-corrected chi connectivity index (χ1v) is 17.4. The number of benzene rings is 3. The topological polar surface area (TPSA) is 104 Å². The number of halogens is 4. The Morgan fingerprint density at radius 3 is 2.46 bits per heavy atom. The van der Waals surface area contributed by atoms with E-state index in [1.165, 1.54) is 55.6 Å². The zero-order valence-corrected chi connectivity index (χ0v) is 30.3. The largest absolute Gasteiger partial charge is 0.495 e. The average Bonchev–Trinajstić information content (AvgIpc) is 3.38. The van der Waals surface area contributed by atoms with Gasteiger partial charge in [0.2, 0.25) is 5.91 Å². The van der Waals surface area contributed by atoms with E-state index in [2.05, 4.69) is 28.7 Å². The number of hydrogen-bond donors (Lipinski definition) is 2. The van der Waals surface area contributed by atoms with Gasteiger partial charge in [-0.05, 0) is 92.7 Å². The first kappa shape index (κ1) is 37.5. The average molecular weight is 728 g/mol. The molecule has 0 radical (unpaired) electrons. The number of nitrogens with one attached hydrogen (secondary N) is 2. The normalized spacial score (nSPS) is 22.9. The molecular formula is C38H42Cl2F2N4O4. The molecule has 0 aromatic heterocycles. The molecule has 2 heterocycles. The quantitative estimate of drug-likeness (QED) is 0.218. The number of likely N-dealkylation sites (tertiary alicyclic amines) is 1. The molecule has 3 aromatic carbocycles. The highest BCUT2D eigenvalue weighted by Crippen LogP contribution is 2.53. The van der Waals surface area contributed by atoms with Gasteiger partial charge in [-0.3, -0.25) is 4.79 Å². The van der Waals surface area contributed by atoms with Crippen LogP contribution in [0.25, 0.3) is 0 Å². The highest BCUT2D eigenvalue weighted by atomic mass is 35.5. The summed E-state index contributed by atoms with van der Waals surface area (Å²) in [6, 6.07) is 13.2. The summed E-state index contributed by atoms with van der Waals surface area (Å²) in [5.74, 6) is -3.47. The SMILES string of the molecule is COc1cc(C(=O)OCC2CCN(C)CC2)ccc1NC(=O)[C@@H]1N[C@@H](CC(C)(C)C)[C@](C#N)(c2ccc(Cl)cc2F)[C@H]1c1cccc(Cl)c1F. The van der Waals surface area contributed by atoms with Gasteiger partial charge < -0.3 is 25.0 Å². The predicted octanol–water partition coefficient (Wildman–Crippen LogP) is 7.74. The van der Waals surface area contributed by atoms with Crippen molar-refractivity contribution in [2.75, 3.05) is 39.2 Å². The molecule has 0 bridgehead atoms. The van der Waals surface area contributed by atoms with Crippen molar-refractivity contribution in [3.63, 3.8) is 0 Å². The summed E-state index contributed by atoms with van der Waals surface area (Å²) in [6.07, 6.45) is 2.21. The van der Waals surface area contributed by atoms with Gasteiger partial charge in [-0.15, -0.1) is 0 Å². The van der Waals surface area contributed by atoms with Gasteiger partial charge in [0.1, 0.15) is 22.8 Å². The second kappa shape index (κ2) is 15.2. The molecule has 2 aliphatic heterocycles. The molecule has 12 heteroatoms. The number of rotatable bonds is 9. The molecular weight excluding hydrogens is 685 g/mol. The number of ether oxygens (including phenoxy) is 2. The van der Waals surface area contributed by atoms with E-state index in [1.54, 1.807) is 0 Å². The fourth-order valence-corrected chi connectivity index (χ4v) is 7.53. The molecule has 0 unspecified atom stereocenters. The summed E-state index contributed by atoms with van der Waals surface area (Å²) in [6.45, 7) is 8.10. The first-order valence-electron chi connectivity index (χ1n) is 16.6. The third kappa shape index (κ3) is 7.76. The standard InChI is InChI=1S/C38H42Cl2F2N4O4/c1-37(2,3)19-31-38(21-43,26-11-10-24(39)18-28(26)41)32(25-7-6-8-27(40)33(25)42)34(45-31)35(47)44-29-12-9-23(17-30(29)49-5)36(48)50-20-22-13-15-46(4)16-14-22/h6-12,17-18,22,31-32,34,45H,13-16,19-20H2,1-5H3,(H,44,47)/t31-,32-,34+,38-/m0/s1. The molecule has 0 spiro atoms. The molecule has 2 aliphatic rings. The van der Waals surface area contributed by atoms with Gasteiger partial charge in [-0.1, -0.05) is 62.2 Å². The van der Waals surface area contributed by atoms with Crippen molar-refractivity contribution in [3.05, 3.63) is 93.0 Å². The Balaban J connectivity index is 1.51. The predicted molar refractivity (Wildman–Crippen MR) is 190 cm³/mol. The van der Waals surface area contributed by atoms with Crippen LogP contribution >= 0.6 is 23.2 Å². The second-order valence-electron chi connectivity index (χ2n) is 14.4. The Hall–Kier alpha value is -3.75. The molecule has 3 aromatic rings. The van der Waals surface area contributed by atoms with Gasteiger partial charge in [0.25, 0.3) is 0 Å². The number of piperidine rings is 1. The molecule has 0 saturated carbocycles. The van der Waals surface area contributed by atoms with Gasteiger partial charge in [-0.25, -0.2) is 13.6 Å². The number of amides is 1. The number of methoxy groups -OCH3 is 1. The van der Waals surface area contributed by atoms with Gasteiger partial charge in [-0.2, -0.15) is 5.26 Å². The molecule has 2 saturated heterocycles. The zero-order chi connectivity index (χ0) is 36.4. The third-order valence-electron chi connectivity index (χ3n) is 9.71. The lowest BCUT2D eigenvalue weighted by Crippen LogP contribution is -2.45. The lowest BCUT2D eigenvalue weighted by Gasteiger charge is -2.37. The molecule has 2 N–H and O–H groups in total. The Bertz CT molecular complexity index is 1790. The van der Waals surface area contributed by atoms with Crippen molar-refractivity contribution >= 4 is 40.8 Å². The fraction of sp³-hybridized carbons (Fsp3) is 0.447. The van der Waals surface area contributed by atoms with Crippen molar-refractivity contribution in [2.45, 2.75) is 63.5 Å². The molecule has 50 heavy (non-hydrogen) atoms. The van der Waals surface area contributed by atoms with Crippen LogP contribution in [0, 0.1) is 34.3 Å². The Kier molecular flexibility index (Phi) is 11.4. The van der Waals surface area contributed by atoms with E-state index in [-0.39, 0.29) is 44.1 Å². The molecule has 1 amide bonds. The summed E-state index contributed by atoms with van der Waals surface area (Å²) >= 11 is 12.4. The summed E-state index contributed by atoms with van der Waals surface area (Å²) < 4.78 is 43.1. The summed E-state index contributed by atoms with van der Waals surface area (Å²) in [7, 11) is 3.47. The molecule has 8 nitrogen and oxygen atoms in total. The Morgan fingerprint density at radius 2 is 1.82 bits per heavy atom. The Labute approximate surface area is 302 Å². The minimum atomic E-state index is -1.78. The summed E-state index contributed by atoms with van der Waals surface area (Å²) in [5, 5.41) is 17.1. The molecule has 4 atom stereocenters. The number of carbonyl (C=O) groups excluding carboxylic acids is 2. The van der Waals surface area contributed by atoms with Crippen LogP contribution in [0.3, 0.4) is 0 Å². The van der Waals surface area contributed by atoms with Crippen LogP contribution in [0.2, 0.25) is 10.0 Å². The van der Waals surface area contributed by atoms with Gasteiger partial charge in [0.15, 0.2) is 0 Å². The van der Waals surface area contributed by atoms with Crippen molar-refractivity contribution < 1.29 is 27.8 Å². The summed E-state index contributed by atoms with van der Waals surface area (Å²) in [4.78, 5) is 29.6. The van der Waals surface area contributed by atoms with E-state index < -0.39 is 52.3 Å². The number of hydrogen-bond acceptors (Lipinski definition) is 7. The number of nitriles is 1. The number of carbonyl (C=O) groups is 2. The van der Waals surface area contributed by atoms with Gasteiger partial charge >= 0.3 is 5.97 Å². The maximum absolute atomic E-state index is 16.0. The van der Waals surface area contributed by atoms with E-state index in [4.69, 9.17) is 32.7 Å². The maximum atomic E-state index is 16.0. The van der Waals surface area contributed by atoms with Crippen LogP contribution in [-0.4, -0.2) is 62.7 Å². The third-order valence-corrected chi connectivity index (χ3v) is 10.2. The van der Waals surface area contributed by atoms with Crippen molar-refractivity contribution in [2.24, 2.45) is 11.3 Å². The van der Waals surface area contributed by atoms with Crippen LogP contribution in [0.4, 0.5) is 14.5 Å². The minimum absolute atomic E-state index is 0.0212. The highest BCUT2D eigenvalue weighted by Gasteiger charge is 2.61. The van der Waals surface area contributed by atoms with Gasteiger partial charge in [0.05, 0.1) is 42.1 Å². The van der Waals surface area contributed by atoms with Gasteiger partial charge in [0, 0.05) is 22.5 Å². The zero-order valence-electron chi connectivity index (χ0n) is 28.8. The van der Waals surface area contributed by atoms with Crippen LogP contribution in [-0.2, 0) is 14.9 Å². The van der Waals surface area contributed by atoms with Crippen LogP contribution < -0.4 is 15.4 Å². The molecule has 2 fully saturated rings. The van der Waals surface area contributed by atoms with E-state index in [0.717, 1.165) is 32.0 Å². The maximum Gasteiger partial charge on any atom is 0.338 e. The highest BCUT2D eigenvalue weighted by molar-refractivity contribution is 6.31. The smallest absolute Gasteiger partial charge is 0.338 e. The number of anilines is 1. The fourth-order valence-electron chi connectivity index (χ4n) is 7.19. The van der Waals surface area contributed by atoms with Crippen LogP contribution in [0.1, 0.15) is 67.4 Å². The number of nitrogens with zero attached hydrogens (tertiary/aromatic N) is 2. The first-order chi connectivity index (χ1) is 23.7. The Morgan fingerprint density at radius 1 is 1.10 bits per heavy atom. The molecule has 266 valence electrons. The van der Waals surface area contributed by atoms with Crippen molar-refractivity contribution in [1.29, 1.82) is 5.26 Å². The molecule has 5 rings (SSSR count). The van der Waals surface area contributed by atoms with Crippen LogP contribution in [0.5, 0.6) is 5.75 Å². The van der Waals surface area contributed by atoms with Crippen molar-refractivity contribution in [3.8, 4) is 11.8 Å². The number of esters is 1. The van der Waals surface area contributed by atoms with E-state index in [9.17, 15) is 14.9 Å². The summed E-state index contributed by atoms with van der Waals surface area (Å²) in [5.41, 5.74) is -1.74. The lowest BCUT2D eigenvalue weighted by molar-refractivity contribution is -0.118. The van der Waals surface area contributed by atoms with Crippen molar-refractivity contribution in [1.82, 2.24) is 10.2 Å². The lowest BCUT2D eigenvalue weighted by atomic mass is 9.62. The minimum Gasteiger partial charge on any atom is -0.495 e. The molecule has 0 aliphatic carbocycles. The van der Waals surface area contributed by atoms with E-state index >= 15 is 8.78 Å². The second-order valence-corrected chi connectivity index (χ2v) is 15.3. The van der Waals surface area contributed by atoms with Crippen LogP contribution in [0.15, 0.2) is 54.6 Å². The monoisotopic (exact) mass is 726 g/mol.